The highest BCUT2D eigenvalue weighted by Gasteiger charge is 2.21. The molecule has 3 nitrogen and oxygen atoms in total. The van der Waals surface area contributed by atoms with Crippen molar-refractivity contribution in [1.82, 2.24) is 9.38 Å². The van der Waals surface area contributed by atoms with Gasteiger partial charge in [0.2, 0.25) is 0 Å². The molecule has 0 atom stereocenters. The summed E-state index contributed by atoms with van der Waals surface area (Å²) in [7, 11) is 0. The van der Waals surface area contributed by atoms with Crippen molar-refractivity contribution in [2.45, 2.75) is 0 Å². The molecule has 36 heavy (non-hydrogen) atoms. The molecule has 5 aromatic carbocycles. The van der Waals surface area contributed by atoms with Gasteiger partial charge in [-0.2, -0.15) is 0 Å². The summed E-state index contributed by atoms with van der Waals surface area (Å²) < 4.78 is 8.34. The van der Waals surface area contributed by atoms with Gasteiger partial charge in [0.05, 0.1) is 5.69 Å². The molecule has 0 bridgehead atoms. The Kier molecular flexibility index (Phi) is 3.94. The van der Waals surface area contributed by atoms with Crippen molar-refractivity contribution in [1.29, 1.82) is 0 Å². The number of benzene rings is 5. The summed E-state index contributed by atoms with van der Waals surface area (Å²) in [5.74, 6) is 1.83. The van der Waals surface area contributed by atoms with E-state index in [1.54, 1.807) is 0 Å². The second-order valence-corrected chi connectivity index (χ2v) is 9.31. The number of nitrogens with zero attached hydrogens (tertiary/aromatic N) is 2. The van der Waals surface area contributed by atoms with E-state index in [1.807, 2.05) is 36.5 Å². The smallest absolute Gasteiger partial charge is 0.137 e. The summed E-state index contributed by atoms with van der Waals surface area (Å²) in [5, 5.41) is 4.80. The molecule has 1 aliphatic rings. The summed E-state index contributed by atoms with van der Waals surface area (Å²) in [4.78, 5) is 4.79. The molecule has 7 aromatic rings. The third kappa shape index (κ3) is 2.83. The number of hydrogen-bond acceptors (Lipinski definition) is 2. The predicted octanol–water partition coefficient (Wildman–Crippen LogP) is 8.75. The van der Waals surface area contributed by atoms with E-state index in [-0.39, 0.29) is 0 Å². The highest BCUT2D eigenvalue weighted by atomic mass is 16.5. The first-order valence-corrected chi connectivity index (χ1v) is 12.1. The van der Waals surface area contributed by atoms with Crippen molar-refractivity contribution in [3.05, 3.63) is 122 Å². The van der Waals surface area contributed by atoms with Gasteiger partial charge in [0.1, 0.15) is 17.1 Å². The Morgan fingerprint density at radius 1 is 0.583 bits per heavy atom. The predicted molar refractivity (Wildman–Crippen MR) is 147 cm³/mol. The molecular weight excluding hydrogens is 440 g/mol. The van der Waals surface area contributed by atoms with Gasteiger partial charge in [-0.05, 0) is 69.2 Å². The Bertz CT molecular complexity index is 1950. The Balaban J connectivity index is 1.26. The van der Waals surface area contributed by atoms with Crippen LogP contribution in [0, 0.1) is 0 Å². The van der Waals surface area contributed by atoms with Crippen LogP contribution in [0.4, 0.5) is 0 Å². The van der Waals surface area contributed by atoms with E-state index in [9.17, 15) is 0 Å². The summed E-state index contributed by atoms with van der Waals surface area (Å²) in [6.45, 7) is 0. The number of hydrogen-bond donors (Lipinski definition) is 0. The largest absolute Gasteiger partial charge is 0.456 e. The van der Waals surface area contributed by atoms with Gasteiger partial charge in [0.25, 0.3) is 0 Å². The van der Waals surface area contributed by atoms with Crippen LogP contribution in [0.15, 0.2) is 122 Å². The lowest BCUT2D eigenvalue weighted by Crippen LogP contribution is -1.97. The third-order valence-electron chi connectivity index (χ3n) is 7.21. The van der Waals surface area contributed by atoms with Crippen molar-refractivity contribution in [2.75, 3.05) is 0 Å². The number of ether oxygens (including phenoxy) is 1. The highest BCUT2D eigenvalue weighted by molar-refractivity contribution is 6.10. The standard InChI is InChI=1S/C33H20N2O/c1-2-9-30-26(6-1)28-8-5-7-27-25(15-16-31(36-30)33(27)28)23-13-11-22-19-24(14-12-21(22)18-23)29-20-35-17-4-3-10-32(35)34-29/h1-20H. The minimum Gasteiger partial charge on any atom is -0.456 e. The van der Waals surface area contributed by atoms with Gasteiger partial charge >= 0.3 is 0 Å². The second kappa shape index (κ2) is 7.30. The summed E-state index contributed by atoms with van der Waals surface area (Å²) >= 11 is 0. The SMILES string of the molecule is c1ccc2c(c1)Oc1ccc(-c3ccc4cc(-c5cn6ccccc6n5)ccc4c3)c3cccc-2c13. The molecule has 0 spiro atoms. The summed E-state index contributed by atoms with van der Waals surface area (Å²) in [5.41, 5.74) is 7.84. The van der Waals surface area contributed by atoms with Crippen molar-refractivity contribution in [2.24, 2.45) is 0 Å². The minimum absolute atomic E-state index is 0.914. The number of fused-ring (bicyclic) bond motifs is 4. The number of pyridine rings is 1. The van der Waals surface area contributed by atoms with E-state index in [1.165, 1.54) is 38.2 Å². The molecule has 8 rings (SSSR count). The molecule has 0 saturated carbocycles. The fourth-order valence-corrected chi connectivity index (χ4v) is 5.48. The average Bonchev–Trinajstić information content (AvgIpc) is 3.37. The maximum atomic E-state index is 6.28. The van der Waals surface area contributed by atoms with E-state index in [0.717, 1.165) is 34.0 Å². The van der Waals surface area contributed by atoms with Crippen LogP contribution in [0.3, 0.4) is 0 Å². The number of aromatic nitrogens is 2. The Morgan fingerprint density at radius 3 is 2.31 bits per heavy atom. The monoisotopic (exact) mass is 460 g/mol. The van der Waals surface area contributed by atoms with Gasteiger partial charge in [-0.1, -0.05) is 72.8 Å². The summed E-state index contributed by atoms with van der Waals surface area (Å²) in [6, 6.07) is 38.5. The van der Waals surface area contributed by atoms with Crippen LogP contribution >= 0.6 is 0 Å². The molecule has 0 radical (unpaired) electrons. The molecule has 3 heterocycles. The fraction of sp³-hybridized carbons (Fsp3) is 0. The van der Waals surface area contributed by atoms with E-state index < -0.39 is 0 Å². The molecule has 2 aromatic heterocycles. The fourth-order valence-electron chi connectivity index (χ4n) is 5.48. The van der Waals surface area contributed by atoms with Crippen LogP contribution in [-0.2, 0) is 0 Å². The van der Waals surface area contributed by atoms with Gasteiger partial charge in [0, 0.05) is 28.9 Å². The zero-order valence-corrected chi connectivity index (χ0v) is 19.3. The number of imidazole rings is 1. The number of rotatable bonds is 2. The minimum atomic E-state index is 0.914. The topological polar surface area (TPSA) is 26.5 Å². The average molecular weight is 461 g/mol. The zero-order chi connectivity index (χ0) is 23.6. The summed E-state index contributed by atoms with van der Waals surface area (Å²) in [6.07, 6.45) is 4.11. The van der Waals surface area contributed by atoms with Crippen LogP contribution in [0.1, 0.15) is 0 Å². The van der Waals surface area contributed by atoms with E-state index in [0.29, 0.717) is 0 Å². The maximum Gasteiger partial charge on any atom is 0.137 e. The molecule has 0 N–H and O–H groups in total. The van der Waals surface area contributed by atoms with Crippen molar-refractivity contribution in [3.8, 4) is 45.0 Å². The lowest BCUT2D eigenvalue weighted by atomic mass is 9.90. The van der Waals surface area contributed by atoms with Crippen molar-refractivity contribution >= 4 is 27.2 Å². The van der Waals surface area contributed by atoms with Gasteiger partial charge in [-0.15, -0.1) is 0 Å². The van der Waals surface area contributed by atoms with E-state index >= 15 is 0 Å². The number of para-hydroxylation sites is 1. The molecule has 0 fully saturated rings. The molecule has 0 saturated heterocycles. The first-order valence-electron chi connectivity index (χ1n) is 12.1. The van der Waals surface area contributed by atoms with Crippen LogP contribution in [0.25, 0.3) is 60.7 Å². The first-order chi connectivity index (χ1) is 17.8. The molecule has 168 valence electrons. The van der Waals surface area contributed by atoms with Crippen molar-refractivity contribution in [3.63, 3.8) is 0 Å². The lowest BCUT2D eigenvalue weighted by molar-refractivity contribution is 0.487. The zero-order valence-electron chi connectivity index (χ0n) is 19.3. The molecule has 0 aliphatic carbocycles. The Morgan fingerprint density at radius 2 is 1.39 bits per heavy atom. The van der Waals surface area contributed by atoms with Gasteiger partial charge in [-0.3, -0.25) is 0 Å². The van der Waals surface area contributed by atoms with Crippen LogP contribution in [-0.4, -0.2) is 9.38 Å². The van der Waals surface area contributed by atoms with Crippen LogP contribution in [0.2, 0.25) is 0 Å². The van der Waals surface area contributed by atoms with Gasteiger partial charge in [-0.25, -0.2) is 4.98 Å². The molecular formula is C33H20N2O. The highest BCUT2D eigenvalue weighted by Crippen LogP contribution is 2.48. The molecule has 1 aliphatic heterocycles. The lowest BCUT2D eigenvalue weighted by Gasteiger charge is -2.22. The molecule has 0 unspecified atom stereocenters. The van der Waals surface area contributed by atoms with Crippen LogP contribution in [0.5, 0.6) is 11.5 Å². The van der Waals surface area contributed by atoms with E-state index in [4.69, 9.17) is 9.72 Å². The van der Waals surface area contributed by atoms with Crippen molar-refractivity contribution < 1.29 is 4.74 Å². The Hall–Kier alpha value is -4.89. The third-order valence-corrected chi connectivity index (χ3v) is 7.21. The van der Waals surface area contributed by atoms with Gasteiger partial charge < -0.3 is 9.14 Å². The quantitative estimate of drug-likeness (QED) is 0.258. The van der Waals surface area contributed by atoms with Gasteiger partial charge in [0.15, 0.2) is 0 Å². The van der Waals surface area contributed by atoms with Crippen LogP contribution < -0.4 is 4.74 Å². The maximum absolute atomic E-state index is 6.28. The molecule has 3 heteroatoms. The van der Waals surface area contributed by atoms with E-state index in [2.05, 4.69) is 89.5 Å². The first kappa shape index (κ1) is 19.4. The normalized spacial score (nSPS) is 12.1. The second-order valence-electron chi connectivity index (χ2n) is 9.31. The Labute approximate surface area is 207 Å². The molecule has 0 amide bonds.